The fourth-order valence-corrected chi connectivity index (χ4v) is 4.93. The molecule has 1 rings (SSSR count). The van der Waals surface area contributed by atoms with Crippen LogP contribution >= 0.6 is 21.6 Å². The Labute approximate surface area is 170 Å². The molecule has 27 heavy (non-hydrogen) atoms. The molecule has 0 radical (unpaired) electrons. The Morgan fingerprint density at radius 3 is 2.33 bits per heavy atom. The third-order valence-corrected chi connectivity index (χ3v) is 6.63. The molecule has 0 aromatic carbocycles. The SMILES string of the molecule is COCC(C)OCC(C)OCC(C)OC(=O)C1CSSCC(C)(C)C(=O)N1. The van der Waals surface area contributed by atoms with Gasteiger partial charge < -0.3 is 24.3 Å². The lowest BCUT2D eigenvalue weighted by atomic mass is 9.95. The molecule has 0 spiro atoms. The summed E-state index contributed by atoms with van der Waals surface area (Å²) < 4.78 is 21.8. The summed E-state index contributed by atoms with van der Waals surface area (Å²) in [5.74, 6) is 0.638. The van der Waals surface area contributed by atoms with Crippen LogP contribution in [0.15, 0.2) is 0 Å². The molecule has 4 atom stereocenters. The lowest BCUT2D eigenvalue weighted by molar-refractivity contribution is -0.156. The molecule has 0 aliphatic carbocycles. The molecule has 0 bridgehead atoms. The van der Waals surface area contributed by atoms with E-state index in [0.717, 1.165) is 0 Å². The van der Waals surface area contributed by atoms with E-state index in [1.54, 1.807) is 35.6 Å². The third kappa shape index (κ3) is 9.51. The Kier molecular flexibility index (Phi) is 11.1. The number of amides is 1. The first-order valence-electron chi connectivity index (χ1n) is 9.13. The number of hydrogen-bond acceptors (Lipinski definition) is 8. The second-order valence-corrected chi connectivity index (χ2v) is 9.96. The Hall–Kier alpha value is -0.480. The lowest BCUT2D eigenvalue weighted by Gasteiger charge is -2.29. The maximum Gasteiger partial charge on any atom is 0.329 e. The number of esters is 1. The number of hydrogen-bond donors (Lipinski definition) is 1. The van der Waals surface area contributed by atoms with Crippen LogP contribution in [0.5, 0.6) is 0 Å². The smallest absolute Gasteiger partial charge is 0.329 e. The second-order valence-electron chi connectivity index (χ2n) is 7.45. The average molecular weight is 424 g/mol. The summed E-state index contributed by atoms with van der Waals surface area (Å²) in [5.41, 5.74) is -0.513. The van der Waals surface area contributed by atoms with Gasteiger partial charge in [-0.3, -0.25) is 4.79 Å². The van der Waals surface area contributed by atoms with Gasteiger partial charge in [-0.05, 0) is 20.8 Å². The summed E-state index contributed by atoms with van der Waals surface area (Å²) in [6.45, 7) is 10.6. The first-order valence-corrected chi connectivity index (χ1v) is 11.6. The molecule has 7 nitrogen and oxygen atoms in total. The van der Waals surface area contributed by atoms with Gasteiger partial charge in [-0.25, -0.2) is 4.79 Å². The molecule has 1 N–H and O–H groups in total. The molecule has 1 aliphatic heterocycles. The van der Waals surface area contributed by atoms with E-state index in [1.807, 2.05) is 27.7 Å². The highest BCUT2D eigenvalue weighted by Crippen LogP contribution is 2.33. The highest BCUT2D eigenvalue weighted by molar-refractivity contribution is 8.76. The van der Waals surface area contributed by atoms with Gasteiger partial charge in [0.1, 0.15) is 12.1 Å². The molecule has 4 unspecified atom stereocenters. The van der Waals surface area contributed by atoms with E-state index in [9.17, 15) is 9.59 Å². The lowest BCUT2D eigenvalue weighted by Crippen LogP contribution is -2.50. The van der Waals surface area contributed by atoms with Gasteiger partial charge in [-0.15, -0.1) is 0 Å². The van der Waals surface area contributed by atoms with Crippen molar-refractivity contribution in [3.05, 3.63) is 0 Å². The van der Waals surface area contributed by atoms with E-state index < -0.39 is 23.5 Å². The topological polar surface area (TPSA) is 83.1 Å². The summed E-state index contributed by atoms with van der Waals surface area (Å²) in [5, 5.41) is 2.80. The fraction of sp³-hybridized carbons (Fsp3) is 0.889. The van der Waals surface area contributed by atoms with Crippen molar-refractivity contribution in [3.63, 3.8) is 0 Å². The van der Waals surface area contributed by atoms with Crippen molar-refractivity contribution in [1.29, 1.82) is 0 Å². The van der Waals surface area contributed by atoms with Gasteiger partial charge in [0.05, 0.1) is 37.4 Å². The van der Waals surface area contributed by atoms with Gasteiger partial charge in [0.15, 0.2) is 0 Å². The van der Waals surface area contributed by atoms with E-state index in [2.05, 4.69) is 5.32 Å². The largest absolute Gasteiger partial charge is 0.459 e. The highest BCUT2D eigenvalue weighted by Gasteiger charge is 2.34. The molecule has 0 aromatic rings. The minimum Gasteiger partial charge on any atom is -0.459 e. The number of methoxy groups -OCH3 is 1. The van der Waals surface area contributed by atoms with Crippen molar-refractivity contribution < 1.29 is 28.5 Å². The van der Waals surface area contributed by atoms with E-state index in [4.69, 9.17) is 18.9 Å². The number of nitrogens with one attached hydrogen (secondary N) is 1. The van der Waals surface area contributed by atoms with Crippen LogP contribution in [0.2, 0.25) is 0 Å². The molecule has 1 aliphatic rings. The number of ether oxygens (including phenoxy) is 4. The number of carbonyl (C=O) groups excluding carboxylic acids is 2. The zero-order valence-corrected chi connectivity index (χ0v) is 18.7. The molecular weight excluding hydrogens is 390 g/mol. The monoisotopic (exact) mass is 423 g/mol. The highest BCUT2D eigenvalue weighted by atomic mass is 33.1. The Morgan fingerprint density at radius 2 is 1.70 bits per heavy atom. The minimum atomic E-state index is -0.646. The van der Waals surface area contributed by atoms with E-state index in [1.165, 1.54) is 0 Å². The molecule has 1 saturated heterocycles. The van der Waals surface area contributed by atoms with Gasteiger partial charge in [-0.2, -0.15) is 0 Å². The predicted molar refractivity (Wildman–Crippen MR) is 109 cm³/mol. The summed E-state index contributed by atoms with van der Waals surface area (Å²) >= 11 is 0. The fourth-order valence-electron chi connectivity index (χ4n) is 2.14. The first-order chi connectivity index (χ1) is 12.7. The van der Waals surface area contributed by atoms with Crippen molar-refractivity contribution in [1.82, 2.24) is 5.32 Å². The third-order valence-electron chi connectivity index (χ3n) is 3.89. The maximum absolute atomic E-state index is 12.4. The number of carbonyl (C=O) groups is 2. The van der Waals surface area contributed by atoms with Crippen LogP contribution in [-0.4, -0.2) is 74.7 Å². The van der Waals surface area contributed by atoms with Gasteiger partial charge >= 0.3 is 5.97 Å². The molecule has 1 heterocycles. The zero-order chi connectivity index (χ0) is 20.4. The van der Waals surface area contributed by atoms with E-state index in [0.29, 0.717) is 24.7 Å². The van der Waals surface area contributed by atoms with E-state index >= 15 is 0 Å². The Balaban J connectivity index is 2.37. The maximum atomic E-state index is 12.4. The van der Waals surface area contributed by atoms with Crippen LogP contribution < -0.4 is 5.32 Å². The normalized spacial score (nSPS) is 23.5. The van der Waals surface area contributed by atoms with Crippen LogP contribution in [0.3, 0.4) is 0 Å². The summed E-state index contributed by atoms with van der Waals surface area (Å²) in [7, 11) is 4.81. The molecule has 1 fully saturated rings. The van der Waals surface area contributed by atoms with Crippen molar-refractivity contribution in [2.24, 2.45) is 5.41 Å². The summed E-state index contributed by atoms with van der Waals surface area (Å²) in [6.07, 6.45) is -0.539. The van der Waals surface area contributed by atoms with Crippen molar-refractivity contribution in [2.75, 3.05) is 38.4 Å². The minimum absolute atomic E-state index is 0.00106. The second kappa shape index (κ2) is 12.2. The van der Waals surface area contributed by atoms with Gasteiger partial charge in [-0.1, -0.05) is 35.4 Å². The van der Waals surface area contributed by atoms with Gasteiger partial charge in [0.25, 0.3) is 0 Å². The predicted octanol–water partition coefficient (Wildman–Crippen LogP) is 2.28. The van der Waals surface area contributed by atoms with Crippen LogP contribution in [0, 0.1) is 5.41 Å². The Morgan fingerprint density at radius 1 is 1.11 bits per heavy atom. The van der Waals surface area contributed by atoms with Crippen LogP contribution in [0.1, 0.15) is 34.6 Å². The number of rotatable bonds is 10. The standard InChI is InChI=1S/C18H33NO6S2/c1-12(7-22-6)23-8-13(2)24-9-14(3)25-16(20)15-10-26-27-11-18(4,5)17(21)19-15/h12-15H,7-11H2,1-6H3,(H,19,21). The molecule has 0 saturated carbocycles. The summed E-state index contributed by atoms with van der Waals surface area (Å²) in [4.78, 5) is 24.7. The zero-order valence-electron chi connectivity index (χ0n) is 17.1. The van der Waals surface area contributed by atoms with E-state index in [-0.39, 0.29) is 24.7 Å². The summed E-state index contributed by atoms with van der Waals surface area (Å²) in [6, 6.07) is -0.646. The van der Waals surface area contributed by atoms with Gasteiger partial charge in [0, 0.05) is 18.6 Å². The van der Waals surface area contributed by atoms with Crippen molar-refractivity contribution in [3.8, 4) is 0 Å². The average Bonchev–Trinajstić information content (AvgIpc) is 2.59. The molecule has 9 heteroatoms. The van der Waals surface area contributed by atoms with Crippen LogP contribution in [-0.2, 0) is 28.5 Å². The first kappa shape index (κ1) is 24.6. The Bertz CT molecular complexity index is 477. The van der Waals surface area contributed by atoms with Gasteiger partial charge in [0.2, 0.25) is 5.91 Å². The van der Waals surface area contributed by atoms with Crippen LogP contribution in [0.4, 0.5) is 0 Å². The van der Waals surface area contributed by atoms with Crippen molar-refractivity contribution in [2.45, 2.75) is 59.0 Å². The molecule has 0 aromatic heterocycles. The molecule has 1 amide bonds. The quantitative estimate of drug-likeness (QED) is 0.423. The molecule has 158 valence electrons. The molecular formula is C18H33NO6S2. The van der Waals surface area contributed by atoms with Crippen molar-refractivity contribution >= 4 is 33.5 Å². The van der Waals surface area contributed by atoms with Crippen LogP contribution in [0.25, 0.3) is 0 Å².